The van der Waals surface area contributed by atoms with Crippen LogP contribution >= 0.6 is 45.9 Å². The van der Waals surface area contributed by atoms with Crippen molar-refractivity contribution in [2.24, 2.45) is 11.8 Å². The number of aliphatic hydroxyl groups excluding tert-OH is 1. The van der Waals surface area contributed by atoms with Gasteiger partial charge < -0.3 is 24.4 Å². The highest BCUT2D eigenvalue weighted by Gasteiger charge is 2.30. The first-order valence-corrected chi connectivity index (χ1v) is 11.2. The third-order valence-electron chi connectivity index (χ3n) is 4.59. The summed E-state index contributed by atoms with van der Waals surface area (Å²) < 4.78 is 17.3. The Bertz CT molecular complexity index is 891. The summed E-state index contributed by atoms with van der Waals surface area (Å²) in [5.41, 5.74) is 0.645. The Balaban J connectivity index is 1.53. The zero-order chi connectivity index (χ0) is 21.0. The van der Waals surface area contributed by atoms with Crippen molar-refractivity contribution in [1.82, 2.24) is 0 Å². The third kappa shape index (κ3) is 5.45. The Labute approximate surface area is 186 Å². The van der Waals surface area contributed by atoms with Gasteiger partial charge >= 0.3 is 5.97 Å². The number of halogens is 2. The smallest absolute Gasteiger partial charge is 0.349 e. The molecule has 29 heavy (non-hydrogen) atoms. The maximum Gasteiger partial charge on any atom is 0.349 e. The quantitative estimate of drug-likeness (QED) is 0.498. The van der Waals surface area contributed by atoms with Crippen molar-refractivity contribution in [3.8, 4) is 10.8 Å². The Hall–Kier alpha value is -1.29. The number of hydrogen-bond donors (Lipinski definition) is 2. The molecule has 0 bridgehead atoms. The Morgan fingerprint density at radius 3 is 2.69 bits per heavy atom. The van der Waals surface area contributed by atoms with E-state index in [2.05, 4.69) is 0 Å². The zero-order valence-electron chi connectivity index (χ0n) is 15.5. The maximum atomic E-state index is 11.2. The van der Waals surface area contributed by atoms with Crippen LogP contribution in [-0.2, 0) is 18.0 Å². The minimum absolute atomic E-state index is 0.00238. The molecule has 158 valence electrons. The van der Waals surface area contributed by atoms with Crippen LogP contribution in [0.3, 0.4) is 0 Å². The van der Waals surface area contributed by atoms with Gasteiger partial charge in [-0.05, 0) is 24.5 Å². The number of aliphatic hydroxyl groups is 1. The van der Waals surface area contributed by atoms with E-state index in [-0.39, 0.29) is 23.3 Å². The van der Waals surface area contributed by atoms with Crippen LogP contribution < -0.4 is 9.47 Å². The van der Waals surface area contributed by atoms with Crippen molar-refractivity contribution in [2.45, 2.75) is 19.6 Å². The topological polar surface area (TPSA) is 85.2 Å². The molecule has 2 atom stereocenters. The summed E-state index contributed by atoms with van der Waals surface area (Å²) in [6.07, 6.45) is 2.76. The number of ether oxygens (including phenoxy) is 3. The van der Waals surface area contributed by atoms with E-state index in [9.17, 15) is 15.0 Å². The van der Waals surface area contributed by atoms with Crippen LogP contribution in [0.25, 0.3) is 0 Å². The van der Waals surface area contributed by atoms with Crippen molar-refractivity contribution < 1.29 is 29.2 Å². The fraction of sp³-hybridized carbons (Fsp3) is 0.421. The van der Waals surface area contributed by atoms with E-state index in [1.54, 1.807) is 12.1 Å². The van der Waals surface area contributed by atoms with E-state index in [1.165, 1.54) is 18.4 Å². The molecule has 10 heteroatoms. The first-order valence-electron chi connectivity index (χ1n) is 8.78. The molecule has 3 rings (SSSR count). The monoisotopic (exact) mass is 478 g/mol. The SMILES string of the molecule is COc1cc(COC[C@H]2CC=C(Cl)C2COc2cc(CO)c(Cl)s2)sc1C(=O)O. The number of carboxylic acids is 1. The molecule has 2 N–H and O–H groups in total. The highest BCUT2D eigenvalue weighted by molar-refractivity contribution is 7.18. The largest absolute Gasteiger partial charge is 0.495 e. The Morgan fingerprint density at radius 2 is 2.07 bits per heavy atom. The lowest BCUT2D eigenvalue weighted by Gasteiger charge is -2.20. The number of carboxylic acid groups (broad SMARTS) is 1. The maximum absolute atomic E-state index is 11.2. The van der Waals surface area contributed by atoms with Crippen LogP contribution in [-0.4, -0.2) is 36.5 Å². The molecule has 0 spiro atoms. The van der Waals surface area contributed by atoms with Crippen LogP contribution in [0.4, 0.5) is 0 Å². The molecule has 1 unspecified atom stereocenters. The van der Waals surface area contributed by atoms with E-state index < -0.39 is 5.97 Å². The van der Waals surface area contributed by atoms with Gasteiger partial charge in [0.15, 0.2) is 9.94 Å². The van der Waals surface area contributed by atoms with Gasteiger partial charge in [-0.3, -0.25) is 0 Å². The van der Waals surface area contributed by atoms with Gasteiger partial charge in [0.1, 0.15) is 10.1 Å². The summed E-state index contributed by atoms with van der Waals surface area (Å²) in [6.45, 7) is 1.03. The predicted octanol–water partition coefficient (Wildman–Crippen LogP) is 5.02. The first-order chi connectivity index (χ1) is 13.9. The molecule has 0 amide bonds. The summed E-state index contributed by atoms with van der Waals surface area (Å²) in [5.74, 6) is -0.506. The number of hydrogen-bond acceptors (Lipinski definition) is 7. The van der Waals surface area contributed by atoms with Crippen molar-refractivity contribution in [3.05, 3.63) is 42.9 Å². The lowest BCUT2D eigenvalue weighted by molar-refractivity contribution is 0.0697. The molecule has 1 aliphatic rings. The van der Waals surface area contributed by atoms with Crippen LogP contribution in [0.2, 0.25) is 4.34 Å². The molecule has 1 aliphatic carbocycles. The number of carbonyl (C=O) groups is 1. The van der Waals surface area contributed by atoms with E-state index in [1.807, 2.05) is 6.08 Å². The van der Waals surface area contributed by atoms with E-state index in [0.717, 1.165) is 27.7 Å². The lowest BCUT2D eigenvalue weighted by atomic mass is 9.97. The summed E-state index contributed by atoms with van der Waals surface area (Å²) in [7, 11) is 1.44. The number of methoxy groups -OCH3 is 1. The molecule has 2 aromatic heterocycles. The van der Waals surface area contributed by atoms with Crippen LogP contribution in [0.15, 0.2) is 23.2 Å². The minimum atomic E-state index is -1.01. The molecule has 2 aromatic rings. The summed E-state index contributed by atoms with van der Waals surface area (Å²) in [4.78, 5) is 12.2. The molecule has 0 saturated carbocycles. The third-order valence-corrected chi connectivity index (χ3v) is 7.45. The number of rotatable bonds is 10. The Morgan fingerprint density at radius 1 is 1.28 bits per heavy atom. The lowest BCUT2D eigenvalue weighted by Crippen LogP contribution is -2.22. The van der Waals surface area contributed by atoms with Gasteiger partial charge in [-0.25, -0.2) is 4.79 Å². The molecule has 0 aliphatic heterocycles. The second-order valence-electron chi connectivity index (χ2n) is 6.46. The second-order valence-corrected chi connectivity index (χ2v) is 9.65. The van der Waals surface area contributed by atoms with Crippen molar-refractivity contribution >= 4 is 51.8 Å². The summed E-state index contributed by atoms with van der Waals surface area (Å²) in [5, 5.41) is 19.8. The molecule has 0 aromatic carbocycles. The van der Waals surface area contributed by atoms with E-state index in [4.69, 9.17) is 37.4 Å². The fourth-order valence-corrected chi connectivity index (χ4v) is 5.38. The fourth-order valence-electron chi connectivity index (χ4n) is 3.04. The molecular weight excluding hydrogens is 459 g/mol. The van der Waals surface area contributed by atoms with Gasteiger partial charge in [0, 0.05) is 21.4 Å². The summed E-state index contributed by atoms with van der Waals surface area (Å²) in [6, 6.07) is 3.42. The number of aromatic carboxylic acids is 1. The van der Waals surface area contributed by atoms with Crippen molar-refractivity contribution in [3.63, 3.8) is 0 Å². The highest BCUT2D eigenvalue weighted by atomic mass is 35.5. The van der Waals surface area contributed by atoms with Gasteiger partial charge in [0.2, 0.25) is 0 Å². The predicted molar refractivity (Wildman–Crippen MR) is 114 cm³/mol. The van der Waals surface area contributed by atoms with Gasteiger partial charge in [-0.15, -0.1) is 11.3 Å². The van der Waals surface area contributed by atoms with Gasteiger partial charge in [-0.2, -0.15) is 0 Å². The molecular formula is C19H20Cl2O6S2. The number of thiophene rings is 2. The van der Waals surface area contributed by atoms with E-state index in [0.29, 0.717) is 40.5 Å². The van der Waals surface area contributed by atoms with Crippen LogP contribution in [0, 0.1) is 11.8 Å². The molecule has 0 fully saturated rings. The summed E-state index contributed by atoms with van der Waals surface area (Å²) >= 11 is 14.8. The number of allylic oxidation sites excluding steroid dienone is 1. The molecule has 0 radical (unpaired) electrons. The van der Waals surface area contributed by atoms with Crippen molar-refractivity contribution in [2.75, 3.05) is 20.3 Å². The van der Waals surface area contributed by atoms with Gasteiger partial charge in [0.25, 0.3) is 0 Å². The molecule has 2 heterocycles. The molecule has 0 saturated heterocycles. The Kier molecular flexibility index (Phi) is 7.84. The van der Waals surface area contributed by atoms with Crippen LogP contribution in [0.5, 0.6) is 10.8 Å². The second kappa shape index (κ2) is 10.1. The van der Waals surface area contributed by atoms with Gasteiger partial charge in [0.05, 0.1) is 33.5 Å². The first kappa shape index (κ1) is 22.4. The molecule has 6 nitrogen and oxygen atoms in total. The zero-order valence-corrected chi connectivity index (χ0v) is 18.7. The van der Waals surface area contributed by atoms with E-state index >= 15 is 0 Å². The normalized spacial score (nSPS) is 18.7. The standard InChI is InChI=1S/C19H20Cl2O6S2/c1-25-15-5-12(28-17(15)19(23)24)8-26-7-10-2-3-14(20)13(10)9-27-16-4-11(6-22)18(21)29-16/h3-5,10,13,22H,2,6-9H2,1H3,(H,23,24)/t10-,13?/m1/s1. The van der Waals surface area contributed by atoms with Crippen LogP contribution in [0.1, 0.15) is 26.5 Å². The van der Waals surface area contributed by atoms with Crippen molar-refractivity contribution in [1.29, 1.82) is 0 Å². The minimum Gasteiger partial charge on any atom is -0.495 e. The average molecular weight is 479 g/mol. The highest BCUT2D eigenvalue weighted by Crippen LogP contribution is 2.38. The van der Waals surface area contributed by atoms with Gasteiger partial charge in [-0.1, -0.05) is 40.6 Å². The average Bonchev–Trinajstić information content (AvgIpc) is 3.37.